The van der Waals surface area contributed by atoms with E-state index < -0.39 is 0 Å². The highest BCUT2D eigenvalue weighted by atomic mass is 16.5. The van der Waals surface area contributed by atoms with Crippen molar-refractivity contribution < 1.29 is 9.53 Å². The zero-order valence-corrected chi connectivity index (χ0v) is 12.7. The highest BCUT2D eigenvalue weighted by molar-refractivity contribution is 5.97. The quantitative estimate of drug-likeness (QED) is 0.908. The Bertz CT molecular complexity index is 504. The summed E-state index contributed by atoms with van der Waals surface area (Å²) in [6, 6.07) is 7.52. The van der Waals surface area contributed by atoms with Crippen molar-refractivity contribution in [2.45, 2.75) is 25.7 Å². The van der Waals surface area contributed by atoms with Gasteiger partial charge in [-0.1, -0.05) is 12.1 Å². The first-order valence-corrected chi connectivity index (χ1v) is 7.87. The number of ether oxygens (including phenoxy) is 1. The van der Waals surface area contributed by atoms with Crippen molar-refractivity contribution >= 4 is 5.91 Å². The lowest BCUT2D eigenvalue weighted by molar-refractivity contribution is 0.0431. The molecule has 3 rings (SSSR count). The molecule has 0 radical (unpaired) electrons. The third-order valence-corrected chi connectivity index (χ3v) is 4.85. The van der Waals surface area contributed by atoms with Crippen molar-refractivity contribution in [2.75, 3.05) is 33.3 Å². The Morgan fingerprint density at radius 2 is 2.10 bits per heavy atom. The van der Waals surface area contributed by atoms with Gasteiger partial charge in [0.2, 0.25) is 0 Å². The number of rotatable bonds is 2. The largest absolute Gasteiger partial charge is 0.496 e. The molecule has 2 aliphatic heterocycles. The summed E-state index contributed by atoms with van der Waals surface area (Å²) < 4.78 is 5.33. The molecule has 114 valence electrons. The van der Waals surface area contributed by atoms with E-state index in [-0.39, 0.29) is 11.3 Å². The second-order valence-corrected chi connectivity index (χ2v) is 6.31. The molecule has 1 aromatic rings. The van der Waals surface area contributed by atoms with E-state index in [4.69, 9.17) is 4.74 Å². The smallest absolute Gasteiger partial charge is 0.257 e. The number of likely N-dealkylation sites (tertiary alicyclic amines) is 1. The zero-order valence-electron chi connectivity index (χ0n) is 12.7. The number of para-hydroxylation sites is 1. The second-order valence-electron chi connectivity index (χ2n) is 6.31. The molecule has 1 amide bonds. The van der Waals surface area contributed by atoms with Crippen LogP contribution in [0.15, 0.2) is 24.3 Å². The van der Waals surface area contributed by atoms with E-state index in [1.807, 2.05) is 29.2 Å². The van der Waals surface area contributed by atoms with Crippen LogP contribution in [0.25, 0.3) is 0 Å². The minimum atomic E-state index is 0.108. The molecule has 0 saturated carbocycles. The van der Waals surface area contributed by atoms with E-state index in [2.05, 4.69) is 5.32 Å². The van der Waals surface area contributed by atoms with Gasteiger partial charge in [0.25, 0.3) is 5.91 Å². The summed E-state index contributed by atoms with van der Waals surface area (Å²) in [7, 11) is 1.62. The highest BCUT2D eigenvalue weighted by Gasteiger charge is 2.38. The minimum absolute atomic E-state index is 0.108. The predicted octanol–water partition coefficient (Wildman–Crippen LogP) is 2.30. The normalized spacial score (nSPS) is 25.9. The van der Waals surface area contributed by atoms with Crippen molar-refractivity contribution in [3.05, 3.63) is 29.8 Å². The van der Waals surface area contributed by atoms with Crippen LogP contribution >= 0.6 is 0 Å². The summed E-state index contributed by atoms with van der Waals surface area (Å²) in [5, 5.41) is 3.50. The van der Waals surface area contributed by atoms with E-state index in [1.54, 1.807) is 7.11 Å². The van der Waals surface area contributed by atoms with Crippen LogP contribution in [-0.2, 0) is 0 Å². The van der Waals surface area contributed by atoms with Crippen molar-refractivity contribution in [2.24, 2.45) is 5.41 Å². The molecule has 2 saturated heterocycles. The maximum Gasteiger partial charge on any atom is 0.257 e. The molecule has 0 aliphatic carbocycles. The van der Waals surface area contributed by atoms with Gasteiger partial charge in [0.15, 0.2) is 0 Å². The molecule has 4 nitrogen and oxygen atoms in total. The number of hydrogen-bond acceptors (Lipinski definition) is 3. The van der Waals surface area contributed by atoms with Crippen molar-refractivity contribution in [1.29, 1.82) is 0 Å². The fourth-order valence-electron chi connectivity index (χ4n) is 3.75. The summed E-state index contributed by atoms with van der Waals surface area (Å²) in [5.41, 5.74) is 0.967. The van der Waals surface area contributed by atoms with Crippen LogP contribution in [0.2, 0.25) is 0 Å². The summed E-state index contributed by atoms with van der Waals surface area (Å²) in [4.78, 5) is 14.9. The van der Waals surface area contributed by atoms with Crippen LogP contribution in [0, 0.1) is 5.41 Å². The first-order valence-electron chi connectivity index (χ1n) is 7.87. The fourth-order valence-corrected chi connectivity index (χ4v) is 3.75. The monoisotopic (exact) mass is 288 g/mol. The van der Waals surface area contributed by atoms with E-state index in [1.165, 1.54) is 19.3 Å². The molecule has 1 aromatic carbocycles. The summed E-state index contributed by atoms with van der Waals surface area (Å²) in [5.74, 6) is 0.779. The van der Waals surface area contributed by atoms with Crippen LogP contribution in [0.1, 0.15) is 36.0 Å². The number of carbonyl (C=O) groups is 1. The Labute approximate surface area is 126 Å². The Hall–Kier alpha value is -1.55. The first kappa shape index (κ1) is 14.4. The molecule has 1 unspecified atom stereocenters. The number of amides is 1. The van der Waals surface area contributed by atoms with Crippen LogP contribution in [-0.4, -0.2) is 44.1 Å². The maximum atomic E-state index is 12.8. The van der Waals surface area contributed by atoms with E-state index in [0.717, 1.165) is 32.6 Å². The number of nitrogens with one attached hydrogen (secondary N) is 1. The van der Waals surface area contributed by atoms with Crippen molar-refractivity contribution in [1.82, 2.24) is 10.2 Å². The van der Waals surface area contributed by atoms with Gasteiger partial charge < -0.3 is 15.0 Å². The average Bonchev–Trinajstić information content (AvgIpc) is 2.55. The van der Waals surface area contributed by atoms with Gasteiger partial charge in [0, 0.05) is 25.0 Å². The van der Waals surface area contributed by atoms with E-state index in [0.29, 0.717) is 11.3 Å². The Morgan fingerprint density at radius 1 is 1.29 bits per heavy atom. The van der Waals surface area contributed by atoms with Gasteiger partial charge in [-0.3, -0.25) is 4.79 Å². The van der Waals surface area contributed by atoms with Crippen LogP contribution in [0.5, 0.6) is 5.75 Å². The topological polar surface area (TPSA) is 41.6 Å². The van der Waals surface area contributed by atoms with Gasteiger partial charge >= 0.3 is 0 Å². The number of piperidine rings is 2. The molecular weight excluding hydrogens is 264 g/mol. The Morgan fingerprint density at radius 3 is 2.86 bits per heavy atom. The third-order valence-electron chi connectivity index (χ3n) is 4.85. The lowest BCUT2D eigenvalue weighted by Gasteiger charge is -2.45. The number of hydrogen-bond donors (Lipinski definition) is 1. The predicted molar refractivity (Wildman–Crippen MR) is 82.7 cm³/mol. The van der Waals surface area contributed by atoms with Crippen LogP contribution < -0.4 is 10.1 Å². The third kappa shape index (κ3) is 2.91. The van der Waals surface area contributed by atoms with Crippen molar-refractivity contribution in [3.8, 4) is 5.75 Å². The second kappa shape index (κ2) is 6.06. The zero-order chi connectivity index (χ0) is 14.7. The first-order chi connectivity index (χ1) is 10.2. The minimum Gasteiger partial charge on any atom is -0.496 e. The molecule has 21 heavy (non-hydrogen) atoms. The number of benzene rings is 1. The molecule has 4 heteroatoms. The molecule has 2 heterocycles. The molecule has 0 bridgehead atoms. The average molecular weight is 288 g/mol. The van der Waals surface area contributed by atoms with Gasteiger partial charge in [-0.15, -0.1) is 0 Å². The lowest BCUT2D eigenvalue weighted by atomic mass is 9.74. The lowest BCUT2D eigenvalue weighted by Crippen LogP contribution is -2.52. The van der Waals surface area contributed by atoms with Crippen molar-refractivity contribution in [3.63, 3.8) is 0 Å². The molecule has 1 N–H and O–H groups in total. The number of methoxy groups -OCH3 is 1. The maximum absolute atomic E-state index is 12.8. The Balaban J connectivity index is 1.78. The molecule has 2 aliphatic rings. The van der Waals surface area contributed by atoms with Gasteiger partial charge in [-0.05, 0) is 44.4 Å². The standard InChI is InChI=1S/C17H24N2O2/c1-21-15-7-3-2-6-14(15)16(20)19-11-5-9-17(13-19)8-4-10-18-12-17/h2-3,6-7,18H,4-5,8-13H2,1H3. The number of nitrogens with zero attached hydrogens (tertiary/aromatic N) is 1. The highest BCUT2D eigenvalue weighted by Crippen LogP contribution is 2.36. The molecule has 2 fully saturated rings. The van der Waals surface area contributed by atoms with Gasteiger partial charge in [0.05, 0.1) is 12.7 Å². The summed E-state index contributed by atoms with van der Waals surface area (Å²) in [6.07, 6.45) is 4.78. The fraction of sp³-hybridized carbons (Fsp3) is 0.588. The number of carbonyl (C=O) groups excluding carboxylic acids is 1. The van der Waals surface area contributed by atoms with E-state index >= 15 is 0 Å². The van der Waals surface area contributed by atoms with Crippen LogP contribution in [0.4, 0.5) is 0 Å². The van der Waals surface area contributed by atoms with Gasteiger partial charge in [-0.2, -0.15) is 0 Å². The molecule has 1 spiro atoms. The van der Waals surface area contributed by atoms with Gasteiger partial charge in [0.1, 0.15) is 5.75 Å². The molecule has 0 aromatic heterocycles. The summed E-state index contributed by atoms with van der Waals surface area (Å²) in [6.45, 7) is 3.89. The molecule has 1 atom stereocenters. The van der Waals surface area contributed by atoms with Crippen LogP contribution in [0.3, 0.4) is 0 Å². The summed E-state index contributed by atoms with van der Waals surface area (Å²) >= 11 is 0. The van der Waals surface area contributed by atoms with Gasteiger partial charge in [-0.25, -0.2) is 0 Å². The Kier molecular flexibility index (Phi) is 4.15. The SMILES string of the molecule is COc1ccccc1C(=O)N1CCCC2(CCCNC2)C1. The molecular formula is C17H24N2O2. The van der Waals surface area contributed by atoms with E-state index in [9.17, 15) is 4.79 Å².